The van der Waals surface area contributed by atoms with Crippen molar-refractivity contribution in [3.8, 4) is 11.5 Å². The summed E-state index contributed by atoms with van der Waals surface area (Å²) in [6.07, 6.45) is 5.30. The van der Waals surface area contributed by atoms with E-state index in [9.17, 15) is 0 Å². The zero-order valence-corrected chi connectivity index (χ0v) is 14.6. The van der Waals surface area contributed by atoms with E-state index in [1.807, 2.05) is 6.21 Å². The first-order valence-corrected chi connectivity index (χ1v) is 8.43. The van der Waals surface area contributed by atoms with Gasteiger partial charge in [-0.25, -0.2) is 0 Å². The van der Waals surface area contributed by atoms with Crippen LogP contribution in [0.1, 0.15) is 50.2 Å². The van der Waals surface area contributed by atoms with Crippen LogP contribution in [0.15, 0.2) is 17.1 Å². The predicted octanol–water partition coefficient (Wildman–Crippen LogP) is 3.82. The average molecular weight is 317 g/mol. The molecule has 1 saturated carbocycles. The van der Waals surface area contributed by atoms with Crippen LogP contribution in [0.3, 0.4) is 0 Å². The summed E-state index contributed by atoms with van der Waals surface area (Å²) in [4.78, 5) is 4.84. The number of hydrogen-bond acceptors (Lipinski definition) is 4. The Hall–Kier alpha value is -1.55. The third-order valence-corrected chi connectivity index (χ3v) is 5.17. The third kappa shape index (κ3) is 3.09. The topological polar surface area (TPSA) is 40.0 Å². The standard InChI is InChI=1S/C19H27NO3/c1-19(2)7-6-14-15-11-17(23-9-5-8-21-3)16(22-4)10-13(15)12-20-18(14)19/h10-12,14,18H,5-9H2,1-4H3/t14-,18?/m0/s1. The minimum Gasteiger partial charge on any atom is -0.493 e. The lowest BCUT2D eigenvalue weighted by atomic mass is 9.80. The van der Waals surface area contributed by atoms with Crippen molar-refractivity contribution in [2.24, 2.45) is 10.4 Å². The summed E-state index contributed by atoms with van der Waals surface area (Å²) in [5, 5.41) is 0. The van der Waals surface area contributed by atoms with Crippen molar-refractivity contribution in [2.45, 2.75) is 45.1 Å². The molecule has 1 fully saturated rings. The molecule has 0 N–H and O–H groups in total. The predicted molar refractivity (Wildman–Crippen MR) is 92.1 cm³/mol. The molecule has 0 radical (unpaired) electrons. The van der Waals surface area contributed by atoms with Gasteiger partial charge in [0.25, 0.3) is 0 Å². The molecule has 0 amide bonds. The Kier molecular flexibility index (Phi) is 4.62. The summed E-state index contributed by atoms with van der Waals surface area (Å²) in [6, 6.07) is 4.61. The minimum atomic E-state index is 0.276. The van der Waals surface area contributed by atoms with Crippen LogP contribution in [-0.4, -0.2) is 39.7 Å². The van der Waals surface area contributed by atoms with Crippen molar-refractivity contribution in [1.82, 2.24) is 0 Å². The first-order chi connectivity index (χ1) is 11.1. The summed E-state index contributed by atoms with van der Waals surface area (Å²) >= 11 is 0. The fourth-order valence-electron chi connectivity index (χ4n) is 3.85. The number of hydrogen-bond donors (Lipinski definition) is 0. The maximum atomic E-state index is 5.95. The maximum absolute atomic E-state index is 5.95. The number of rotatable bonds is 6. The van der Waals surface area contributed by atoms with Gasteiger partial charge in [-0.3, -0.25) is 4.99 Å². The summed E-state index contributed by atoms with van der Waals surface area (Å²) < 4.78 is 16.5. The molecule has 4 nitrogen and oxygen atoms in total. The molecule has 2 aliphatic rings. The van der Waals surface area contributed by atoms with Gasteiger partial charge in [0.05, 0.1) is 19.8 Å². The van der Waals surface area contributed by atoms with Gasteiger partial charge < -0.3 is 14.2 Å². The van der Waals surface area contributed by atoms with Crippen molar-refractivity contribution < 1.29 is 14.2 Å². The third-order valence-electron chi connectivity index (χ3n) is 5.17. The highest BCUT2D eigenvalue weighted by Crippen LogP contribution is 2.51. The average Bonchev–Trinajstić information content (AvgIpc) is 2.86. The second-order valence-corrected chi connectivity index (χ2v) is 7.18. The summed E-state index contributed by atoms with van der Waals surface area (Å²) in [5.41, 5.74) is 2.81. The van der Waals surface area contributed by atoms with E-state index in [0.29, 0.717) is 25.2 Å². The van der Waals surface area contributed by atoms with Crippen molar-refractivity contribution in [3.63, 3.8) is 0 Å². The van der Waals surface area contributed by atoms with Crippen LogP contribution in [0.2, 0.25) is 0 Å². The van der Waals surface area contributed by atoms with Gasteiger partial charge in [0.1, 0.15) is 0 Å². The molecule has 1 unspecified atom stereocenters. The van der Waals surface area contributed by atoms with Gasteiger partial charge in [0, 0.05) is 32.3 Å². The lowest BCUT2D eigenvalue weighted by Crippen LogP contribution is -2.28. The Balaban J connectivity index is 1.87. The van der Waals surface area contributed by atoms with Crippen LogP contribution in [0, 0.1) is 5.41 Å². The molecule has 2 atom stereocenters. The number of benzene rings is 1. The fraction of sp³-hybridized carbons (Fsp3) is 0.632. The van der Waals surface area contributed by atoms with Gasteiger partial charge in [-0.05, 0) is 41.5 Å². The second-order valence-electron chi connectivity index (χ2n) is 7.18. The lowest BCUT2D eigenvalue weighted by Gasteiger charge is -2.31. The molecule has 4 heteroatoms. The number of nitrogens with zero attached hydrogens (tertiary/aromatic N) is 1. The molecular weight excluding hydrogens is 290 g/mol. The normalized spacial score (nSPS) is 24.2. The van der Waals surface area contributed by atoms with Gasteiger partial charge in [0.2, 0.25) is 0 Å². The Bertz CT molecular complexity index is 595. The van der Waals surface area contributed by atoms with Gasteiger partial charge >= 0.3 is 0 Å². The Labute approximate surface area is 138 Å². The molecule has 0 aromatic heterocycles. The number of fused-ring (bicyclic) bond motifs is 3. The Morgan fingerprint density at radius 1 is 1.17 bits per heavy atom. The van der Waals surface area contributed by atoms with Crippen LogP contribution in [0.5, 0.6) is 11.5 Å². The molecule has 1 aliphatic carbocycles. The fourth-order valence-corrected chi connectivity index (χ4v) is 3.85. The van der Waals surface area contributed by atoms with Gasteiger partial charge in [-0.15, -0.1) is 0 Å². The van der Waals surface area contributed by atoms with E-state index < -0.39 is 0 Å². The van der Waals surface area contributed by atoms with Crippen LogP contribution in [0.4, 0.5) is 0 Å². The summed E-state index contributed by atoms with van der Waals surface area (Å²) in [7, 11) is 3.39. The van der Waals surface area contributed by atoms with Crippen LogP contribution < -0.4 is 9.47 Å². The number of ether oxygens (including phenoxy) is 3. The molecule has 0 saturated heterocycles. The summed E-state index contributed by atoms with van der Waals surface area (Å²) in [6.45, 7) is 5.99. The SMILES string of the molecule is COCCCOc1cc2c(cc1OC)C=NC1[C@H]2CCC1(C)C. The van der Waals surface area contributed by atoms with Crippen LogP contribution in [0.25, 0.3) is 0 Å². The molecule has 3 rings (SSSR count). The Morgan fingerprint density at radius 3 is 2.74 bits per heavy atom. The molecular formula is C19H27NO3. The van der Waals surface area contributed by atoms with E-state index in [0.717, 1.165) is 17.9 Å². The van der Waals surface area contributed by atoms with Crippen molar-refractivity contribution in [3.05, 3.63) is 23.3 Å². The quantitative estimate of drug-likeness (QED) is 0.749. The maximum Gasteiger partial charge on any atom is 0.161 e. The highest BCUT2D eigenvalue weighted by atomic mass is 16.5. The van der Waals surface area contributed by atoms with E-state index in [4.69, 9.17) is 19.2 Å². The molecule has 1 aromatic carbocycles. The molecule has 1 aromatic rings. The molecule has 0 bridgehead atoms. The molecule has 1 aliphatic heterocycles. The van der Waals surface area contributed by atoms with Gasteiger partial charge in [-0.2, -0.15) is 0 Å². The molecule has 126 valence electrons. The zero-order valence-electron chi connectivity index (χ0n) is 14.6. The largest absolute Gasteiger partial charge is 0.493 e. The van der Waals surface area contributed by atoms with Gasteiger partial charge in [-0.1, -0.05) is 13.8 Å². The highest BCUT2D eigenvalue weighted by molar-refractivity contribution is 5.85. The first kappa shape index (κ1) is 16.3. The van der Waals surface area contributed by atoms with Crippen molar-refractivity contribution in [1.29, 1.82) is 0 Å². The molecule has 0 spiro atoms. The zero-order chi connectivity index (χ0) is 16.4. The number of methoxy groups -OCH3 is 2. The molecule has 23 heavy (non-hydrogen) atoms. The van der Waals surface area contributed by atoms with Crippen LogP contribution >= 0.6 is 0 Å². The smallest absolute Gasteiger partial charge is 0.161 e. The minimum absolute atomic E-state index is 0.276. The van der Waals surface area contributed by atoms with E-state index >= 15 is 0 Å². The van der Waals surface area contributed by atoms with E-state index in [2.05, 4.69) is 26.0 Å². The van der Waals surface area contributed by atoms with Crippen LogP contribution in [-0.2, 0) is 4.74 Å². The van der Waals surface area contributed by atoms with E-state index in [-0.39, 0.29) is 5.41 Å². The van der Waals surface area contributed by atoms with Crippen molar-refractivity contribution >= 4 is 6.21 Å². The number of aliphatic imine (C=N–C) groups is 1. The lowest BCUT2D eigenvalue weighted by molar-refractivity contribution is 0.170. The Morgan fingerprint density at radius 2 is 2.00 bits per heavy atom. The van der Waals surface area contributed by atoms with Crippen molar-refractivity contribution in [2.75, 3.05) is 27.4 Å². The van der Waals surface area contributed by atoms with Gasteiger partial charge in [0.15, 0.2) is 11.5 Å². The monoisotopic (exact) mass is 317 g/mol. The first-order valence-electron chi connectivity index (χ1n) is 8.43. The summed E-state index contributed by atoms with van der Waals surface area (Å²) in [5.74, 6) is 2.11. The molecule has 1 heterocycles. The highest BCUT2D eigenvalue weighted by Gasteiger charge is 2.44. The van der Waals surface area contributed by atoms with E-state index in [1.54, 1.807) is 14.2 Å². The second kappa shape index (κ2) is 6.52. The van der Waals surface area contributed by atoms with E-state index in [1.165, 1.54) is 24.0 Å².